The Morgan fingerprint density at radius 2 is 1.93 bits per heavy atom. The van der Waals surface area contributed by atoms with E-state index in [1.54, 1.807) is 23.6 Å². The zero-order valence-corrected chi connectivity index (χ0v) is 24.9. The average molecular weight is 626 g/mol. The van der Waals surface area contributed by atoms with Gasteiger partial charge in [0.1, 0.15) is 11.6 Å². The van der Waals surface area contributed by atoms with Gasteiger partial charge in [-0.25, -0.2) is 13.6 Å². The fourth-order valence-electron chi connectivity index (χ4n) is 5.82. The van der Waals surface area contributed by atoms with Gasteiger partial charge in [0, 0.05) is 60.0 Å². The molecule has 3 atom stereocenters. The summed E-state index contributed by atoms with van der Waals surface area (Å²) in [5.74, 6) is -1.16. The molecule has 1 fully saturated rings. The number of benzene rings is 1. The van der Waals surface area contributed by atoms with Crippen LogP contribution in [0.5, 0.6) is 0 Å². The molecule has 2 aliphatic rings. The van der Waals surface area contributed by atoms with Gasteiger partial charge in [-0.15, -0.1) is 11.8 Å². The van der Waals surface area contributed by atoms with Crippen molar-refractivity contribution in [3.8, 4) is 0 Å². The minimum absolute atomic E-state index is 0.0296. The molecular formula is C29H32F5N5O3S. The van der Waals surface area contributed by atoms with E-state index >= 15 is 0 Å². The molecule has 1 aromatic heterocycles. The predicted molar refractivity (Wildman–Crippen MR) is 157 cm³/mol. The number of thioether (sulfide) groups is 1. The number of allylic oxidation sites excluding steroid dienone is 4. The van der Waals surface area contributed by atoms with Gasteiger partial charge in [-0.2, -0.15) is 18.2 Å². The van der Waals surface area contributed by atoms with Crippen molar-refractivity contribution in [1.29, 1.82) is 0 Å². The Kier molecular flexibility index (Phi) is 9.40. The maximum Gasteiger partial charge on any atom is 0.417 e. The summed E-state index contributed by atoms with van der Waals surface area (Å²) in [6.45, 7) is 9.03. The highest BCUT2D eigenvalue weighted by Crippen LogP contribution is 2.48. The molecule has 4 rings (SSSR count). The monoisotopic (exact) mass is 625 g/mol. The summed E-state index contributed by atoms with van der Waals surface area (Å²) in [5, 5.41) is 0.102. The van der Waals surface area contributed by atoms with E-state index in [1.807, 2.05) is 0 Å². The summed E-state index contributed by atoms with van der Waals surface area (Å²) in [4.78, 5) is 33.9. The van der Waals surface area contributed by atoms with E-state index in [2.05, 4.69) is 11.6 Å². The lowest BCUT2D eigenvalue weighted by Gasteiger charge is -2.45. The van der Waals surface area contributed by atoms with Gasteiger partial charge >= 0.3 is 11.9 Å². The Labute approximate surface area is 249 Å². The van der Waals surface area contributed by atoms with Gasteiger partial charge in [0.15, 0.2) is 0 Å². The number of ether oxygens (including phenoxy) is 1. The van der Waals surface area contributed by atoms with E-state index in [9.17, 15) is 31.5 Å². The molecule has 0 radical (unpaired) electrons. The van der Waals surface area contributed by atoms with Gasteiger partial charge in [0.25, 0.3) is 0 Å². The lowest BCUT2D eigenvalue weighted by molar-refractivity contribution is -0.137. The molecule has 232 valence electrons. The maximum absolute atomic E-state index is 14.8. The summed E-state index contributed by atoms with van der Waals surface area (Å²) >= 11 is 1.12. The van der Waals surface area contributed by atoms with Crippen LogP contribution in [0.4, 0.5) is 27.8 Å². The number of carbonyl (C=O) groups excluding carboxylic acids is 1. The average Bonchev–Trinajstić information content (AvgIpc) is 2.93. The molecule has 0 spiro atoms. The molecule has 1 amide bonds. The summed E-state index contributed by atoms with van der Waals surface area (Å²) in [7, 11) is 1.46. The van der Waals surface area contributed by atoms with E-state index in [1.165, 1.54) is 24.7 Å². The number of amides is 1. The number of piperazine rings is 1. The molecule has 2 aromatic rings. The van der Waals surface area contributed by atoms with Gasteiger partial charge < -0.3 is 20.3 Å². The molecule has 2 aliphatic heterocycles. The molecular weight excluding hydrogens is 593 g/mol. The number of nitrogens with zero attached hydrogens (tertiary/aromatic N) is 4. The molecule has 0 bridgehead atoms. The van der Waals surface area contributed by atoms with Crippen LogP contribution >= 0.6 is 11.8 Å². The Balaban J connectivity index is 2.06. The maximum atomic E-state index is 14.8. The highest BCUT2D eigenvalue weighted by molar-refractivity contribution is 7.99. The molecule has 0 unspecified atom stereocenters. The Morgan fingerprint density at radius 1 is 1.28 bits per heavy atom. The number of rotatable bonds is 7. The zero-order valence-electron chi connectivity index (χ0n) is 24.0. The van der Waals surface area contributed by atoms with Crippen LogP contribution in [0.25, 0.3) is 16.5 Å². The number of nitrogens with two attached hydrogens (primary N) is 1. The number of hydrogen-bond donors (Lipinski definition) is 1. The zero-order chi connectivity index (χ0) is 31.8. The van der Waals surface area contributed by atoms with Crippen molar-refractivity contribution in [1.82, 2.24) is 14.5 Å². The third-order valence-electron chi connectivity index (χ3n) is 7.49. The van der Waals surface area contributed by atoms with E-state index in [-0.39, 0.29) is 82.5 Å². The van der Waals surface area contributed by atoms with Gasteiger partial charge in [0.05, 0.1) is 35.8 Å². The molecule has 3 heterocycles. The first-order valence-electron chi connectivity index (χ1n) is 13.4. The largest absolute Gasteiger partial charge is 0.417 e. The molecule has 0 aliphatic carbocycles. The quantitative estimate of drug-likeness (QED) is 0.252. The van der Waals surface area contributed by atoms with Crippen molar-refractivity contribution in [2.45, 2.75) is 50.0 Å². The normalized spacial score (nSPS) is 21.9. The Morgan fingerprint density at radius 3 is 2.49 bits per heavy atom. The van der Waals surface area contributed by atoms with Gasteiger partial charge in [-0.05, 0) is 44.6 Å². The molecule has 2 N–H and O–H groups in total. The second-order valence-corrected chi connectivity index (χ2v) is 11.5. The van der Waals surface area contributed by atoms with Crippen LogP contribution in [0.1, 0.15) is 37.9 Å². The summed E-state index contributed by atoms with van der Waals surface area (Å²) in [5.41, 5.74) is 3.41. The smallest absolute Gasteiger partial charge is 0.396 e. The Bertz CT molecular complexity index is 1590. The minimum Gasteiger partial charge on any atom is -0.396 e. The summed E-state index contributed by atoms with van der Waals surface area (Å²) in [6, 6.07) is -0.282. The van der Waals surface area contributed by atoms with Gasteiger partial charge in [0.2, 0.25) is 5.91 Å². The van der Waals surface area contributed by atoms with E-state index < -0.39 is 35.0 Å². The molecule has 1 aromatic carbocycles. The topological polar surface area (TPSA) is 93.7 Å². The highest BCUT2D eigenvalue weighted by Gasteiger charge is 2.40. The first-order valence-corrected chi connectivity index (χ1v) is 14.4. The van der Waals surface area contributed by atoms with Crippen LogP contribution in [-0.4, -0.2) is 65.0 Å². The number of carbonyl (C=O) groups is 1. The van der Waals surface area contributed by atoms with Crippen LogP contribution in [0, 0.1) is 0 Å². The highest BCUT2D eigenvalue weighted by atomic mass is 32.2. The fraction of sp³-hybridized carbons (Fsp3) is 0.414. The van der Waals surface area contributed by atoms with E-state index in [0.29, 0.717) is 6.08 Å². The second kappa shape index (κ2) is 12.5. The number of halogens is 5. The molecule has 1 saturated heterocycles. The second-order valence-electron chi connectivity index (χ2n) is 10.5. The van der Waals surface area contributed by atoms with Crippen molar-refractivity contribution >= 4 is 40.0 Å². The number of aromatic nitrogens is 2. The summed E-state index contributed by atoms with van der Waals surface area (Å²) in [6.07, 6.45) is -2.26. The first kappa shape index (κ1) is 32.3. The van der Waals surface area contributed by atoms with Crippen LogP contribution in [-0.2, 0) is 15.7 Å². The van der Waals surface area contributed by atoms with Crippen molar-refractivity contribution in [3.05, 3.63) is 70.3 Å². The van der Waals surface area contributed by atoms with Crippen molar-refractivity contribution in [2.24, 2.45) is 5.73 Å². The lowest BCUT2D eigenvalue weighted by atomic mass is 9.95. The molecule has 0 saturated carbocycles. The van der Waals surface area contributed by atoms with Gasteiger partial charge in [-0.1, -0.05) is 6.58 Å². The Hall–Kier alpha value is -3.65. The van der Waals surface area contributed by atoms with Crippen molar-refractivity contribution < 1.29 is 31.5 Å². The van der Waals surface area contributed by atoms with E-state index in [0.717, 1.165) is 23.9 Å². The fourth-order valence-corrected chi connectivity index (χ4v) is 7.19. The summed E-state index contributed by atoms with van der Waals surface area (Å²) < 4.78 is 77.6. The van der Waals surface area contributed by atoms with Crippen LogP contribution in [0.3, 0.4) is 0 Å². The SMILES string of the molecule is C=CC(=O)N1[C@H](C)CN(c2nc(=O)n3c4c(c(/C(C)=C/C(N)=C(F)\C=C\F)c(C(F)(F)F)cc24)SC[C@@H]3COC)C[C@@H]1C. The molecule has 43 heavy (non-hydrogen) atoms. The minimum atomic E-state index is -4.86. The third-order valence-corrected chi connectivity index (χ3v) is 8.73. The predicted octanol–water partition coefficient (Wildman–Crippen LogP) is 5.35. The first-order chi connectivity index (χ1) is 20.2. The number of methoxy groups -OCH3 is 1. The van der Waals surface area contributed by atoms with Crippen molar-refractivity contribution in [2.75, 3.05) is 37.5 Å². The van der Waals surface area contributed by atoms with Crippen LogP contribution < -0.4 is 16.3 Å². The van der Waals surface area contributed by atoms with Crippen LogP contribution in [0.15, 0.2) is 58.4 Å². The molecule has 8 nitrogen and oxygen atoms in total. The molecule has 14 heteroatoms. The number of alkyl halides is 3. The third kappa shape index (κ3) is 6.07. The van der Waals surface area contributed by atoms with Gasteiger partial charge in [-0.3, -0.25) is 9.36 Å². The number of anilines is 1. The van der Waals surface area contributed by atoms with E-state index in [4.69, 9.17) is 10.5 Å². The number of hydrogen-bond acceptors (Lipinski definition) is 7. The van der Waals surface area contributed by atoms with Crippen LogP contribution in [0.2, 0.25) is 0 Å². The lowest BCUT2D eigenvalue weighted by Crippen LogP contribution is -2.58. The van der Waals surface area contributed by atoms with Crippen molar-refractivity contribution in [3.63, 3.8) is 0 Å². The standard InChI is InChI=1S/C29H32F5N5O3S/c1-6-23(40)38-16(3)11-37(12-17(38)4)27-19-10-20(29(32,33)34)24(15(2)9-22(35)21(31)7-8-30)26-25(19)39(28(41)36-27)18(13-42-5)14-43-26/h6-10,16-18H,1,11-14,35H2,2-5H3/b8-7+,15-9+,22-21-/t16-,17+,18-/m0/s1.